The van der Waals surface area contributed by atoms with Crippen LogP contribution >= 0.6 is 22.6 Å². The van der Waals surface area contributed by atoms with E-state index in [-0.39, 0.29) is 11.7 Å². The molecular formula is C10H13IO2. The zero-order chi connectivity index (χ0) is 9.64. The van der Waals surface area contributed by atoms with Crippen LogP contribution in [-0.2, 0) is 9.53 Å². The van der Waals surface area contributed by atoms with Crippen molar-refractivity contribution >= 4 is 28.4 Å². The summed E-state index contributed by atoms with van der Waals surface area (Å²) in [5, 5.41) is 0. The second-order valence-electron chi connectivity index (χ2n) is 4.32. The molecule has 1 aliphatic heterocycles. The number of allylic oxidation sites excluding steroid dienone is 1. The summed E-state index contributed by atoms with van der Waals surface area (Å²) in [6, 6.07) is 0. The van der Waals surface area contributed by atoms with E-state index in [4.69, 9.17) is 4.74 Å². The van der Waals surface area contributed by atoms with Crippen LogP contribution in [0.25, 0.3) is 0 Å². The molecule has 1 atom stereocenters. The average Bonchev–Trinajstić information content (AvgIpc) is 2.28. The average molecular weight is 292 g/mol. The topological polar surface area (TPSA) is 26.3 Å². The molecule has 72 valence electrons. The van der Waals surface area contributed by atoms with E-state index < -0.39 is 0 Å². The molecule has 0 aromatic heterocycles. The summed E-state index contributed by atoms with van der Waals surface area (Å²) < 4.78 is 7.07. The second-order valence-corrected chi connectivity index (χ2v) is 5.63. The fourth-order valence-corrected chi connectivity index (χ4v) is 3.03. The van der Waals surface area contributed by atoms with Gasteiger partial charge in [-0.25, -0.2) is 0 Å². The zero-order valence-corrected chi connectivity index (χ0v) is 10.1. The molecule has 1 fully saturated rings. The molecule has 2 rings (SSSR count). The SMILES string of the molecule is CC1(C)CC(=O)C2=C(I)CCC2O1. The van der Waals surface area contributed by atoms with Crippen LogP contribution in [0.3, 0.4) is 0 Å². The first-order chi connectivity index (χ1) is 5.99. The van der Waals surface area contributed by atoms with Gasteiger partial charge in [-0.3, -0.25) is 4.79 Å². The van der Waals surface area contributed by atoms with Gasteiger partial charge in [-0.2, -0.15) is 0 Å². The van der Waals surface area contributed by atoms with E-state index in [1.165, 1.54) is 3.58 Å². The summed E-state index contributed by atoms with van der Waals surface area (Å²) in [5.41, 5.74) is 0.701. The molecule has 0 amide bonds. The van der Waals surface area contributed by atoms with Crippen molar-refractivity contribution in [3.05, 3.63) is 9.15 Å². The number of halogens is 1. The summed E-state index contributed by atoms with van der Waals surface area (Å²) in [7, 11) is 0. The van der Waals surface area contributed by atoms with Gasteiger partial charge >= 0.3 is 0 Å². The number of ketones is 1. The Kier molecular flexibility index (Phi) is 2.27. The van der Waals surface area contributed by atoms with Gasteiger partial charge in [0.2, 0.25) is 0 Å². The number of carbonyl (C=O) groups is 1. The highest BCUT2D eigenvalue weighted by atomic mass is 127. The van der Waals surface area contributed by atoms with Gasteiger partial charge in [0, 0.05) is 15.6 Å². The minimum absolute atomic E-state index is 0.0862. The molecule has 3 heteroatoms. The largest absolute Gasteiger partial charge is 0.367 e. The highest BCUT2D eigenvalue weighted by Gasteiger charge is 2.41. The monoisotopic (exact) mass is 292 g/mol. The smallest absolute Gasteiger partial charge is 0.165 e. The number of fused-ring (bicyclic) bond motifs is 1. The maximum absolute atomic E-state index is 11.8. The first-order valence-corrected chi connectivity index (χ1v) is 5.67. The Morgan fingerprint density at radius 3 is 2.92 bits per heavy atom. The van der Waals surface area contributed by atoms with Crippen molar-refractivity contribution < 1.29 is 9.53 Å². The van der Waals surface area contributed by atoms with E-state index in [2.05, 4.69) is 22.6 Å². The second kappa shape index (κ2) is 3.05. The number of carbonyl (C=O) groups excluding carboxylic acids is 1. The van der Waals surface area contributed by atoms with Crippen molar-refractivity contribution in [2.45, 2.75) is 44.8 Å². The van der Waals surface area contributed by atoms with Crippen molar-refractivity contribution in [2.75, 3.05) is 0 Å². The van der Waals surface area contributed by atoms with Crippen LogP contribution in [0.2, 0.25) is 0 Å². The third kappa shape index (κ3) is 1.68. The molecule has 2 aliphatic rings. The lowest BCUT2D eigenvalue weighted by molar-refractivity contribution is -0.135. The molecule has 0 aromatic carbocycles. The summed E-state index contributed by atoms with van der Waals surface area (Å²) in [6.07, 6.45) is 2.62. The lowest BCUT2D eigenvalue weighted by Gasteiger charge is -2.34. The Balaban J connectivity index is 2.31. The number of hydrogen-bond acceptors (Lipinski definition) is 2. The van der Waals surface area contributed by atoms with Crippen LogP contribution in [0.5, 0.6) is 0 Å². The van der Waals surface area contributed by atoms with E-state index in [1.807, 2.05) is 13.8 Å². The van der Waals surface area contributed by atoms with Crippen molar-refractivity contribution in [3.8, 4) is 0 Å². The predicted molar refractivity (Wildman–Crippen MR) is 58.9 cm³/mol. The highest BCUT2D eigenvalue weighted by Crippen LogP contribution is 2.41. The van der Waals surface area contributed by atoms with Gasteiger partial charge in [0.05, 0.1) is 11.7 Å². The Labute approximate surface area is 91.9 Å². The first kappa shape index (κ1) is 9.65. The number of ether oxygens (including phenoxy) is 1. The van der Waals surface area contributed by atoms with Gasteiger partial charge in [-0.15, -0.1) is 0 Å². The molecule has 1 aliphatic carbocycles. The number of hydrogen-bond donors (Lipinski definition) is 0. The molecule has 0 bridgehead atoms. The quantitative estimate of drug-likeness (QED) is 0.642. The van der Waals surface area contributed by atoms with Gasteiger partial charge in [0.1, 0.15) is 0 Å². The van der Waals surface area contributed by atoms with E-state index in [9.17, 15) is 4.79 Å². The van der Waals surface area contributed by atoms with Crippen molar-refractivity contribution in [1.29, 1.82) is 0 Å². The highest BCUT2D eigenvalue weighted by molar-refractivity contribution is 14.1. The molecule has 0 aromatic rings. The fraction of sp³-hybridized carbons (Fsp3) is 0.700. The molecule has 0 N–H and O–H groups in total. The Hall–Kier alpha value is 0.1000. The maximum atomic E-state index is 11.8. The Bertz CT molecular complexity index is 291. The Morgan fingerprint density at radius 2 is 2.23 bits per heavy atom. The predicted octanol–water partition coefficient (Wildman–Crippen LogP) is 2.61. The molecule has 1 saturated heterocycles. The van der Waals surface area contributed by atoms with Crippen molar-refractivity contribution in [3.63, 3.8) is 0 Å². The lowest BCUT2D eigenvalue weighted by atomic mass is 9.91. The van der Waals surface area contributed by atoms with Gasteiger partial charge in [-0.1, -0.05) is 0 Å². The van der Waals surface area contributed by atoms with Crippen molar-refractivity contribution in [1.82, 2.24) is 0 Å². The van der Waals surface area contributed by atoms with Crippen molar-refractivity contribution in [2.24, 2.45) is 0 Å². The van der Waals surface area contributed by atoms with E-state index in [0.717, 1.165) is 18.4 Å². The first-order valence-electron chi connectivity index (χ1n) is 4.59. The summed E-state index contributed by atoms with van der Waals surface area (Å²) >= 11 is 2.27. The van der Waals surface area contributed by atoms with Crippen LogP contribution in [-0.4, -0.2) is 17.5 Å². The molecule has 1 unspecified atom stereocenters. The van der Waals surface area contributed by atoms with E-state index in [1.54, 1.807) is 0 Å². The lowest BCUT2D eigenvalue weighted by Crippen LogP contribution is -2.40. The standard InChI is InChI=1S/C10H13IO2/c1-10(2)5-7(12)9-6(11)3-4-8(9)13-10/h8H,3-5H2,1-2H3. The molecule has 0 saturated carbocycles. The van der Waals surface area contributed by atoms with Gasteiger partial charge < -0.3 is 4.74 Å². The summed E-state index contributed by atoms with van der Waals surface area (Å²) in [6.45, 7) is 3.99. The van der Waals surface area contributed by atoms with Crippen LogP contribution in [0.4, 0.5) is 0 Å². The fourth-order valence-electron chi connectivity index (χ4n) is 2.07. The molecule has 2 nitrogen and oxygen atoms in total. The normalized spacial score (nSPS) is 32.2. The third-order valence-electron chi connectivity index (χ3n) is 2.59. The molecule has 1 heterocycles. The minimum Gasteiger partial charge on any atom is -0.367 e. The summed E-state index contributed by atoms with van der Waals surface area (Å²) in [5.74, 6) is 0.295. The van der Waals surface area contributed by atoms with Gasteiger partial charge in [0.25, 0.3) is 0 Å². The summed E-state index contributed by atoms with van der Waals surface area (Å²) in [4.78, 5) is 11.8. The third-order valence-corrected chi connectivity index (χ3v) is 3.71. The zero-order valence-electron chi connectivity index (χ0n) is 7.89. The number of rotatable bonds is 0. The molecule has 0 spiro atoms. The Morgan fingerprint density at radius 1 is 1.54 bits per heavy atom. The van der Waals surface area contributed by atoms with Crippen LogP contribution in [0, 0.1) is 0 Å². The van der Waals surface area contributed by atoms with E-state index in [0.29, 0.717) is 12.2 Å². The van der Waals surface area contributed by atoms with Crippen LogP contribution in [0.15, 0.2) is 9.15 Å². The minimum atomic E-state index is -0.257. The van der Waals surface area contributed by atoms with E-state index >= 15 is 0 Å². The van der Waals surface area contributed by atoms with Crippen LogP contribution < -0.4 is 0 Å². The van der Waals surface area contributed by atoms with Gasteiger partial charge in [0.15, 0.2) is 5.78 Å². The van der Waals surface area contributed by atoms with Gasteiger partial charge in [-0.05, 0) is 49.3 Å². The maximum Gasteiger partial charge on any atom is 0.165 e. The number of Topliss-reactive ketones (excluding diaryl/α,β-unsaturated/α-hetero) is 1. The molecule has 13 heavy (non-hydrogen) atoms. The molecular weight excluding hydrogens is 279 g/mol. The molecule has 0 radical (unpaired) electrons. The van der Waals surface area contributed by atoms with Crippen LogP contribution in [0.1, 0.15) is 33.1 Å².